The monoisotopic (exact) mass is 416 g/mol. The number of hydrogen-bond donors (Lipinski definition) is 3. The summed E-state index contributed by atoms with van der Waals surface area (Å²) in [4.78, 5) is 36.0. The van der Waals surface area contributed by atoms with Crippen molar-refractivity contribution in [2.24, 2.45) is 0 Å². The predicted molar refractivity (Wildman–Crippen MR) is 109 cm³/mol. The van der Waals surface area contributed by atoms with E-state index in [2.05, 4.69) is 15.4 Å². The Morgan fingerprint density at radius 1 is 1.07 bits per heavy atom. The zero-order chi connectivity index (χ0) is 22.3. The molecule has 0 unspecified atom stereocenters. The van der Waals surface area contributed by atoms with Crippen LogP contribution < -0.4 is 20.1 Å². The van der Waals surface area contributed by atoms with Crippen molar-refractivity contribution in [3.05, 3.63) is 47.5 Å². The van der Waals surface area contributed by atoms with Crippen LogP contribution >= 0.6 is 0 Å². The summed E-state index contributed by atoms with van der Waals surface area (Å²) in [6.07, 6.45) is 0. The van der Waals surface area contributed by atoms with Gasteiger partial charge in [-0.05, 0) is 44.2 Å². The lowest BCUT2D eigenvalue weighted by atomic mass is 10.1. The Morgan fingerprint density at radius 3 is 2.43 bits per heavy atom. The third kappa shape index (κ3) is 5.63. The number of carbonyl (C=O) groups excluding carboxylic acids is 3. The van der Waals surface area contributed by atoms with Crippen molar-refractivity contribution in [1.29, 1.82) is 0 Å². The summed E-state index contributed by atoms with van der Waals surface area (Å²) >= 11 is 0. The standard InChI is InChI=1S/C21H24N2O7/c1-12(2)22-18(24)11-30-16-9-8-13(10-17(16)28-3)20(26)23-15-7-5-6-14(19(15)25)21(27)29-4/h5-10,12,25H,11H2,1-4H3,(H,22,24)(H,23,26). The Kier molecular flexibility index (Phi) is 7.62. The van der Waals surface area contributed by atoms with Gasteiger partial charge in [0.2, 0.25) is 0 Å². The van der Waals surface area contributed by atoms with Gasteiger partial charge in [0.25, 0.3) is 11.8 Å². The number of aromatic hydroxyl groups is 1. The summed E-state index contributed by atoms with van der Waals surface area (Å²) in [7, 11) is 2.60. The molecular weight excluding hydrogens is 392 g/mol. The van der Waals surface area contributed by atoms with Gasteiger partial charge >= 0.3 is 5.97 Å². The maximum absolute atomic E-state index is 12.6. The first-order valence-electron chi connectivity index (χ1n) is 9.08. The minimum atomic E-state index is -0.728. The molecule has 0 saturated heterocycles. The molecule has 30 heavy (non-hydrogen) atoms. The van der Waals surface area contributed by atoms with Gasteiger partial charge < -0.3 is 30.0 Å². The van der Waals surface area contributed by atoms with E-state index in [-0.39, 0.29) is 41.1 Å². The van der Waals surface area contributed by atoms with Crippen LogP contribution in [0, 0.1) is 0 Å². The number of carbonyl (C=O) groups is 3. The van der Waals surface area contributed by atoms with Gasteiger partial charge in [-0.3, -0.25) is 9.59 Å². The molecule has 0 spiro atoms. The van der Waals surface area contributed by atoms with Gasteiger partial charge in [0, 0.05) is 11.6 Å². The maximum Gasteiger partial charge on any atom is 0.341 e. The van der Waals surface area contributed by atoms with E-state index in [0.29, 0.717) is 5.75 Å². The van der Waals surface area contributed by atoms with E-state index in [1.54, 1.807) is 0 Å². The predicted octanol–water partition coefficient (Wildman–Crippen LogP) is 2.34. The molecular formula is C21H24N2O7. The fourth-order valence-electron chi connectivity index (χ4n) is 2.55. The first-order valence-corrected chi connectivity index (χ1v) is 9.08. The highest BCUT2D eigenvalue weighted by atomic mass is 16.5. The molecule has 0 bridgehead atoms. The fourth-order valence-corrected chi connectivity index (χ4v) is 2.55. The molecule has 0 aliphatic heterocycles. The number of para-hydroxylation sites is 1. The molecule has 0 atom stereocenters. The summed E-state index contributed by atoms with van der Waals surface area (Å²) in [5, 5.41) is 15.5. The third-order valence-electron chi connectivity index (χ3n) is 3.92. The molecule has 0 heterocycles. The van der Waals surface area contributed by atoms with Gasteiger partial charge in [0.15, 0.2) is 23.9 Å². The maximum atomic E-state index is 12.6. The lowest BCUT2D eigenvalue weighted by Gasteiger charge is -2.14. The number of rotatable bonds is 8. The van der Waals surface area contributed by atoms with E-state index >= 15 is 0 Å². The van der Waals surface area contributed by atoms with Gasteiger partial charge in [-0.1, -0.05) is 6.07 Å². The SMILES string of the molecule is COC(=O)c1cccc(NC(=O)c2ccc(OCC(=O)NC(C)C)c(OC)c2)c1O. The first-order chi connectivity index (χ1) is 14.3. The zero-order valence-corrected chi connectivity index (χ0v) is 17.1. The molecule has 0 fully saturated rings. The number of hydrogen-bond acceptors (Lipinski definition) is 7. The van der Waals surface area contributed by atoms with Gasteiger partial charge in [-0.25, -0.2) is 4.79 Å². The molecule has 2 rings (SSSR count). The quantitative estimate of drug-likeness (QED) is 0.446. The summed E-state index contributed by atoms with van der Waals surface area (Å²) in [6.45, 7) is 3.48. The van der Waals surface area contributed by atoms with Crippen molar-refractivity contribution in [2.45, 2.75) is 19.9 Å². The largest absolute Gasteiger partial charge is 0.505 e. The van der Waals surface area contributed by atoms with Crippen molar-refractivity contribution in [3.8, 4) is 17.2 Å². The molecule has 0 saturated carbocycles. The smallest absolute Gasteiger partial charge is 0.341 e. The number of esters is 1. The van der Waals surface area contributed by atoms with Crippen LogP contribution in [0.4, 0.5) is 5.69 Å². The van der Waals surface area contributed by atoms with E-state index in [9.17, 15) is 19.5 Å². The Hall–Kier alpha value is -3.75. The molecule has 0 aliphatic carbocycles. The number of amides is 2. The molecule has 2 aromatic carbocycles. The van der Waals surface area contributed by atoms with Gasteiger partial charge in [0.05, 0.1) is 19.9 Å². The highest BCUT2D eigenvalue weighted by molar-refractivity contribution is 6.06. The number of nitrogens with one attached hydrogen (secondary N) is 2. The molecule has 0 aromatic heterocycles. The van der Waals surface area contributed by atoms with Crippen LogP contribution in [0.25, 0.3) is 0 Å². The van der Waals surface area contributed by atoms with Gasteiger partial charge in [-0.15, -0.1) is 0 Å². The van der Waals surface area contributed by atoms with Crippen molar-refractivity contribution < 1.29 is 33.7 Å². The van der Waals surface area contributed by atoms with Crippen molar-refractivity contribution in [2.75, 3.05) is 26.1 Å². The van der Waals surface area contributed by atoms with Crippen molar-refractivity contribution in [1.82, 2.24) is 5.32 Å². The fraction of sp³-hybridized carbons (Fsp3) is 0.286. The molecule has 2 aromatic rings. The lowest BCUT2D eigenvalue weighted by molar-refractivity contribution is -0.123. The van der Waals surface area contributed by atoms with Crippen LogP contribution in [-0.2, 0) is 9.53 Å². The van der Waals surface area contributed by atoms with Crippen LogP contribution in [0.3, 0.4) is 0 Å². The second-order valence-electron chi connectivity index (χ2n) is 6.52. The Morgan fingerprint density at radius 2 is 1.80 bits per heavy atom. The number of phenolic OH excluding ortho intramolecular Hbond substituents is 1. The van der Waals surface area contributed by atoms with E-state index < -0.39 is 17.6 Å². The van der Waals surface area contributed by atoms with E-state index in [1.165, 1.54) is 50.6 Å². The van der Waals surface area contributed by atoms with Gasteiger partial charge in [-0.2, -0.15) is 0 Å². The average molecular weight is 416 g/mol. The minimum absolute atomic E-state index is 0.0110. The Balaban J connectivity index is 2.15. The van der Waals surface area contributed by atoms with E-state index in [4.69, 9.17) is 9.47 Å². The summed E-state index contributed by atoms with van der Waals surface area (Å²) in [5.41, 5.74) is 0.192. The van der Waals surface area contributed by atoms with Crippen LogP contribution in [0.1, 0.15) is 34.6 Å². The Labute approximate surface area is 173 Å². The normalized spacial score (nSPS) is 10.3. The second-order valence-corrected chi connectivity index (χ2v) is 6.52. The van der Waals surface area contributed by atoms with Crippen LogP contribution in [-0.4, -0.2) is 49.8 Å². The number of anilines is 1. The molecule has 0 radical (unpaired) electrons. The summed E-state index contributed by atoms with van der Waals surface area (Å²) in [6, 6.07) is 8.73. The number of phenols is 1. The third-order valence-corrected chi connectivity index (χ3v) is 3.92. The highest BCUT2D eigenvalue weighted by Crippen LogP contribution is 2.31. The van der Waals surface area contributed by atoms with Crippen LogP contribution in [0.15, 0.2) is 36.4 Å². The molecule has 9 nitrogen and oxygen atoms in total. The van der Waals surface area contributed by atoms with Crippen molar-refractivity contribution in [3.63, 3.8) is 0 Å². The molecule has 2 amide bonds. The minimum Gasteiger partial charge on any atom is -0.505 e. The topological polar surface area (TPSA) is 123 Å². The Bertz CT molecular complexity index is 941. The number of benzene rings is 2. The van der Waals surface area contributed by atoms with Gasteiger partial charge in [0.1, 0.15) is 5.56 Å². The summed E-state index contributed by atoms with van der Waals surface area (Å²) < 4.78 is 15.3. The number of ether oxygens (including phenoxy) is 3. The second kappa shape index (κ2) is 10.1. The molecule has 9 heteroatoms. The number of methoxy groups -OCH3 is 2. The van der Waals surface area contributed by atoms with Crippen LogP contribution in [0.5, 0.6) is 17.2 Å². The zero-order valence-electron chi connectivity index (χ0n) is 17.1. The van der Waals surface area contributed by atoms with Crippen LogP contribution in [0.2, 0.25) is 0 Å². The highest BCUT2D eigenvalue weighted by Gasteiger charge is 2.18. The summed E-state index contributed by atoms with van der Waals surface area (Å²) in [5.74, 6) is -1.41. The van der Waals surface area contributed by atoms with E-state index in [0.717, 1.165) is 0 Å². The average Bonchev–Trinajstić information content (AvgIpc) is 2.72. The molecule has 160 valence electrons. The first kappa shape index (κ1) is 22.5. The van der Waals surface area contributed by atoms with E-state index in [1.807, 2.05) is 13.8 Å². The molecule has 3 N–H and O–H groups in total. The lowest BCUT2D eigenvalue weighted by Crippen LogP contribution is -2.34. The van der Waals surface area contributed by atoms with Crippen molar-refractivity contribution >= 4 is 23.5 Å². The molecule has 0 aliphatic rings.